The minimum absolute atomic E-state index is 0.257. The van der Waals surface area contributed by atoms with Gasteiger partial charge in [0.25, 0.3) is 17.7 Å². The number of nitrogens with one attached hydrogen (secondary N) is 3. The van der Waals surface area contributed by atoms with Crippen LogP contribution < -0.4 is 16.0 Å². The predicted octanol–water partition coefficient (Wildman–Crippen LogP) is 4.62. The van der Waals surface area contributed by atoms with Crippen molar-refractivity contribution in [2.45, 2.75) is 32.9 Å². The molecular formula is C30H29N3O5S. The summed E-state index contributed by atoms with van der Waals surface area (Å²) in [5.74, 6) is -2.57. The number of aryl methyl sites for hydroxylation is 2. The molecule has 0 saturated carbocycles. The molecule has 39 heavy (non-hydrogen) atoms. The van der Waals surface area contributed by atoms with E-state index in [0.29, 0.717) is 21.6 Å². The van der Waals surface area contributed by atoms with Gasteiger partial charge in [0.1, 0.15) is 6.04 Å². The van der Waals surface area contributed by atoms with Gasteiger partial charge in [0.05, 0.1) is 10.9 Å². The molecule has 0 fully saturated rings. The Morgan fingerprint density at radius 3 is 2.21 bits per heavy atom. The molecule has 9 heteroatoms. The monoisotopic (exact) mass is 543 g/mol. The number of hydrogen-bond acceptors (Lipinski definition) is 5. The number of hydrogen-bond donors (Lipinski definition) is 4. The van der Waals surface area contributed by atoms with E-state index in [0.717, 1.165) is 16.3 Å². The average Bonchev–Trinajstić information content (AvgIpc) is 3.45. The Labute approximate surface area is 230 Å². The first-order valence-corrected chi connectivity index (χ1v) is 13.3. The number of rotatable bonds is 9. The van der Waals surface area contributed by atoms with Crippen LogP contribution in [0.4, 0.5) is 0 Å². The number of carboxylic acid groups (broad SMARTS) is 1. The summed E-state index contributed by atoms with van der Waals surface area (Å²) in [7, 11) is 0. The Morgan fingerprint density at radius 1 is 0.846 bits per heavy atom. The molecule has 3 aromatic carbocycles. The molecule has 8 nitrogen and oxygen atoms in total. The topological polar surface area (TPSA) is 125 Å². The zero-order chi connectivity index (χ0) is 28.1. The first-order valence-electron chi connectivity index (χ1n) is 12.4. The minimum atomic E-state index is -1.33. The van der Waals surface area contributed by atoms with Crippen LogP contribution in [0.1, 0.15) is 60.0 Å². The van der Waals surface area contributed by atoms with Crippen LogP contribution >= 0.6 is 11.3 Å². The van der Waals surface area contributed by atoms with Gasteiger partial charge in [0.2, 0.25) is 0 Å². The molecule has 0 bridgehead atoms. The van der Waals surface area contributed by atoms with Gasteiger partial charge in [-0.1, -0.05) is 48.5 Å². The molecule has 0 radical (unpaired) electrons. The number of aliphatic carboxylic acids is 1. The number of amides is 3. The number of fused-ring (bicyclic) bond motifs is 1. The van der Waals surface area contributed by atoms with Gasteiger partial charge >= 0.3 is 5.97 Å². The summed E-state index contributed by atoms with van der Waals surface area (Å²) in [5, 5.41) is 21.5. The number of carbonyl (C=O) groups excluding carboxylic acids is 3. The summed E-state index contributed by atoms with van der Waals surface area (Å²) in [6.45, 7) is 5.04. The highest BCUT2D eigenvalue weighted by molar-refractivity contribution is 7.12. The van der Waals surface area contributed by atoms with Gasteiger partial charge in [-0.15, -0.1) is 11.3 Å². The third-order valence-electron chi connectivity index (χ3n) is 6.47. The minimum Gasteiger partial charge on any atom is -0.480 e. The lowest BCUT2D eigenvalue weighted by atomic mass is 9.97. The van der Waals surface area contributed by atoms with Crippen LogP contribution in [0, 0.1) is 13.8 Å². The van der Waals surface area contributed by atoms with Crippen molar-refractivity contribution >= 4 is 45.8 Å². The van der Waals surface area contributed by atoms with Crippen molar-refractivity contribution in [2.24, 2.45) is 0 Å². The van der Waals surface area contributed by atoms with Crippen LogP contribution in [0.2, 0.25) is 0 Å². The molecule has 0 aliphatic carbocycles. The van der Waals surface area contributed by atoms with Crippen molar-refractivity contribution in [1.29, 1.82) is 0 Å². The lowest BCUT2D eigenvalue weighted by Crippen LogP contribution is -2.48. The number of carboxylic acids is 1. The fraction of sp³-hybridized carbons (Fsp3) is 0.200. The number of thiophene rings is 1. The number of carbonyl (C=O) groups is 4. The van der Waals surface area contributed by atoms with E-state index in [1.54, 1.807) is 43.5 Å². The molecule has 0 aliphatic heterocycles. The third kappa shape index (κ3) is 6.32. The van der Waals surface area contributed by atoms with E-state index in [2.05, 4.69) is 16.0 Å². The summed E-state index contributed by atoms with van der Waals surface area (Å²) >= 11 is 1.23. The molecule has 0 spiro atoms. The maximum absolute atomic E-state index is 13.1. The maximum Gasteiger partial charge on any atom is 0.328 e. The van der Waals surface area contributed by atoms with Gasteiger partial charge in [0, 0.05) is 17.7 Å². The Morgan fingerprint density at radius 2 is 1.54 bits per heavy atom. The molecule has 3 amide bonds. The molecule has 1 heterocycles. The standard InChI is InChI=1S/C30H29N3O5S/c1-17-14-21(27(34)32-19(3)22-11-6-9-20-8-4-5-10-23(20)22)15-18(2)26(17)29(36)33-24(30(37)38)16-31-28(35)25-12-7-13-39-25/h4-15,19,24H,16H2,1-3H3,(H,31,35)(H,32,34)(H,33,36)(H,37,38)/t19-,24+/m1/s1. The molecule has 0 aliphatic rings. The third-order valence-corrected chi connectivity index (χ3v) is 7.34. The van der Waals surface area contributed by atoms with Crippen molar-refractivity contribution in [3.8, 4) is 0 Å². The van der Waals surface area contributed by atoms with Crippen molar-refractivity contribution in [1.82, 2.24) is 16.0 Å². The Hall–Kier alpha value is -4.50. The molecule has 0 unspecified atom stereocenters. The fourth-order valence-electron chi connectivity index (χ4n) is 4.56. The Kier molecular flexibility index (Phi) is 8.41. The predicted molar refractivity (Wildman–Crippen MR) is 151 cm³/mol. The highest BCUT2D eigenvalue weighted by Crippen LogP contribution is 2.25. The van der Waals surface area contributed by atoms with Crippen molar-refractivity contribution in [2.75, 3.05) is 6.54 Å². The Balaban J connectivity index is 1.46. The smallest absolute Gasteiger partial charge is 0.328 e. The van der Waals surface area contributed by atoms with Crippen molar-refractivity contribution < 1.29 is 24.3 Å². The molecular weight excluding hydrogens is 514 g/mol. The van der Waals surface area contributed by atoms with Crippen LogP contribution in [-0.2, 0) is 4.79 Å². The van der Waals surface area contributed by atoms with Crippen LogP contribution in [-0.4, -0.2) is 41.4 Å². The van der Waals surface area contributed by atoms with Gasteiger partial charge in [-0.3, -0.25) is 14.4 Å². The fourth-order valence-corrected chi connectivity index (χ4v) is 5.20. The zero-order valence-electron chi connectivity index (χ0n) is 21.8. The molecule has 1 aromatic heterocycles. The maximum atomic E-state index is 13.1. The quantitative estimate of drug-likeness (QED) is 0.245. The zero-order valence-corrected chi connectivity index (χ0v) is 22.6. The highest BCUT2D eigenvalue weighted by atomic mass is 32.1. The molecule has 200 valence electrons. The van der Waals surface area contributed by atoms with Crippen LogP contribution in [0.15, 0.2) is 72.1 Å². The van der Waals surface area contributed by atoms with E-state index in [1.165, 1.54) is 11.3 Å². The normalized spacial score (nSPS) is 12.4. The van der Waals surface area contributed by atoms with E-state index in [-0.39, 0.29) is 24.1 Å². The second kappa shape index (κ2) is 11.9. The van der Waals surface area contributed by atoms with Crippen LogP contribution in [0.5, 0.6) is 0 Å². The summed E-state index contributed by atoms with van der Waals surface area (Å²) in [5.41, 5.74) is 2.73. The Bertz CT molecular complexity index is 1520. The van der Waals surface area contributed by atoms with E-state index in [9.17, 15) is 24.3 Å². The van der Waals surface area contributed by atoms with Gasteiger partial charge in [-0.25, -0.2) is 4.79 Å². The van der Waals surface area contributed by atoms with Crippen molar-refractivity contribution in [3.63, 3.8) is 0 Å². The lowest BCUT2D eigenvalue weighted by Gasteiger charge is -2.19. The number of benzene rings is 3. The van der Waals surface area contributed by atoms with E-state index < -0.39 is 23.8 Å². The van der Waals surface area contributed by atoms with Gasteiger partial charge in [-0.2, -0.15) is 0 Å². The highest BCUT2D eigenvalue weighted by Gasteiger charge is 2.24. The first-order chi connectivity index (χ1) is 18.7. The van der Waals surface area contributed by atoms with Crippen LogP contribution in [0.25, 0.3) is 10.8 Å². The molecule has 4 rings (SSSR count). The van der Waals surface area contributed by atoms with Gasteiger partial charge in [0.15, 0.2) is 0 Å². The summed E-state index contributed by atoms with van der Waals surface area (Å²) in [6, 6.07) is 18.9. The average molecular weight is 544 g/mol. The molecule has 4 N–H and O–H groups in total. The molecule has 4 aromatic rings. The van der Waals surface area contributed by atoms with Gasteiger partial charge < -0.3 is 21.1 Å². The van der Waals surface area contributed by atoms with Gasteiger partial charge in [-0.05, 0) is 71.8 Å². The van der Waals surface area contributed by atoms with Crippen LogP contribution in [0.3, 0.4) is 0 Å². The summed E-state index contributed by atoms with van der Waals surface area (Å²) < 4.78 is 0. The summed E-state index contributed by atoms with van der Waals surface area (Å²) in [6.07, 6.45) is 0. The summed E-state index contributed by atoms with van der Waals surface area (Å²) in [4.78, 5) is 50.6. The first kappa shape index (κ1) is 27.5. The largest absolute Gasteiger partial charge is 0.480 e. The van der Waals surface area contributed by atoms with E-state index in [1.807, 2.05) is 49.4 Å². The lowest BCUT2D eigenvalue weighted by molar-refractivity contribution is -0.139. The second-order valence-electron chi connectivity index (χ2n) is 9.30. The van der Waals surface area contributed by atoms with E-state index >= 15 is 0 Å². The SMILES string of the molecule is Cc1cc(C(=O)N[C@H](C)c2cccc3ccccc23)cc(C)c1C(=O)N[C@@H](CNC(=O)c1cccs1)C(=O)O. The second-order valence-corrected chi connectivity index (χ2v) is 10.2. The van der Waals surface area contributed by atoms with Crippen molar-refractivity contribution in [3.05, 3.63) is 105 Å². The molecule has 0 saturated heterocycles. The molecule has 2 atom stereocenters. The van der Waals surface area contributed by atoms with E-state index in [4.69, 9.17) is 0 Å².